The predicted molar refractivity (Wildman–Crippen MR) is 74.0 cm³/mol. The topological polar surface area (TPSA) is 48.4 Å². The third-order valence-corrected chi connectivity index (χ3v) is 4.18. The van der Waals surface area contributed by atoms with Crippen LogP contribution >= 0.6 is 19.2 Å². The predicted octanol–water partition coefficient (Wildman–Crippen LogP) is 4.01. The highest BCUT2D eigenvalue weighted by atomic mass is 35.5. The molecular formula is C12H17ClNO3P. The highest BCUT2D eigenvalue weighted by molar-refractivity contribution is 7.54. The molecule has 1 heterocycles. The maximum Gasteiger partial charge on any atom is 0.334 e. The molecule has 6 heteroatoms. The third kappa shape index (κ3) is 5.32. The third-order valence-electron chi connectivity index (χ3n) is 2.01. The number of rotatable bonds is 7. The quantitative estimate of drug-likeness (QED) is 0.562. The molecule has 1 aromatic rings. The van der Waals surface area contributed by atoms with Gasteiger partial charge in [-0.05, 0) is 32.1 Å². The monoisotopic (exact) mass is 289 g/mol. The van der Waals surface area contributed by atoms with E-state index in [2.05, 4.69) is 4.98 Å². The molecular weight excluding hydrogens is 273 g/mol. The van der Waals surface area contributed by atoms with Crippen LogP contribution in [0, 0.1) is 0 Å². The molecule has 0 unspecified atom stereocenters. The van der Waals surface area contributed by atoms with E-state index in [4.69, 9.17) is 20.6 Å². The highest BCUT2D eigenvalue weighted by Gasteiger charge is 2.20. The number of aromatic nitrogens is 1. The number of allylic oxidation sites excluding steroid dienone is 1. The molecule has 0 aromatic carbocycles. The van der Waals surface area contributed by atoms with Crippen LogP contribution in [0.15, 0.2) is 24.3 Å². The minimum absolute atomic E-state index is 0.225. The summed E-state index contributed by atoms with van der Waals surface area (Å²) < 4.78 is 22.5. The van der Waals surface area contributed by atoms with Gasteiger partial charge in [0, 0.05) is 0 Å². The Balaban J connectivity index is 2.64. The molecule has 0 saturated carbocycles. The zero-order valence-corrected chi connectivity index (χ0v) is 12.2. The van der Waals surface area contributed by atoms with Gasteiger partial charge in [0.15, 0.2) is 0 Å². The zero-order valence-electron chi connectivity index (χ0n) is 10.5. The molecule has 0 amide bonds. The van der Waals surface area contributed by atoms with Gasteiger partial charge in [0.1, 0.15) is 5.15 Å². The van der Waals surface area contributed by atoms with Crippen molar-refractivity contribution in [3.63, 3.8) is 0 Å². The highest BCUT2D eigenvalue weighted by Crippen LogP contribution is 2.47. The minimum Gasteiger partial charge on any atom is -0.309 e. The summed E-state index contributed by atoms with van der Waals surface area (Å²) in [5.41, 5.74) is 0.710. The number of nitrogens with zero attached hydrogens (tertiary/aromatic N) is 1. The molecule has 100 valence electrons. The molecule has 0 radical (unpaired) electrons. The van der Waals surface area contributed by atoms with E-state index in [0.717, 1.165) is 0 Å². The summed E-state index contributed by atoms with van der Waals surface area (Å²) in [6.45, 7) is 4.29. The lowest BCUT2D eigenvalue weighted by atomic mass is 10.3. The molecule has 0 fully saturated rings. The Hall–Kier alpha value is -0.670. The Morgan fingerprint density at radius 1 is 1.33 bits per heavy atom. The van der Waals surface area contributed by atoms with E-state index >= 15 is 0 Å². The van der Waals surface area contributed by atoms with E-state index in [0.29, 0.717) is 24.1 Å². The second-order valence-corrected chi connectivity index (χ2v) is 5.91. The molecule has 0 atom stereocenters. The zero-order chi connectivity index (χ0) is 13.4. The van der Waals surface area contributed by atoms with E-state index < -0.39 is 7.60 Å². The number of hydrogen-bond donors (Lipinski definition) is 0. The van der Waals surface area contributed by atoms with Crippen molar-refractivity contribution in [2.75, 3.05) is 19.4 Å². The summed E-state index contributed by atoms with van der Waals surface area (Å²) in [6.07, 6.45) is 3.70. The Labute approximate surface area is 113 Å². The minimum atomic E-state index is -3.02. The van der Waals surface area contributed by atoms with Crippen molar-refractivity contribution in [2.45, 2.75) is 13.8 Å². The lowest BCUT2D eigenvalue weighted by Gasteiger charge is -2.14. The largest absolute Gasteiger partial charge is 0.334 e. The van der Waals surface area contributed by atoms with Crippen molar-refractivity contribution in [1.82, 2.24) is 4.98 Å². The second-order valence-electron chi connectivity index (χ2n) is 3.42. The van der Waals surface area contributed by atoms with Crippen molar-refractivity contribution < 1.29 is 13.6 Å². The smallest absolute Gasteiger partial charge is 0.309 e. The van der Waals surface area contributed by atoms with Crippen LogP contribution in [0.4, 0.5) is 0 Å². The van der Waals surface area contributed by atoms with E-state index in [9.17, 15) is 4.57 Å². The summed E-state index contributed by atoms with van der Waals surface area (Å²) >= 11 is 5.76. The van der Waals surface area contributed by atoms with E-state index in [1.54, 1.807) is 38.1 Å². The number of halogens is 1. The van der Waals surface area contributed by atoms with Gasteiger partial charge in [0.2, 0.25) is 0 Å². The average Bonchev–Trinajstić information content (AvgIpc) is 2.29. The van der Waals surface area contributed by atoms with Crippen LogP contribution in [-0.4, -0.2) is 24.4 Å². The summed E-state index contributed by atoms with van der Waals surface area (Å²) in [7, 11) is -3.02. The van der Waals surface area contributed by atoms with Gasteiger partial charge in [-0.25, -0.2) is 4.98 Å². The Morgan fingerprint density at radius 2 is 2.00 bits per heavy atom. The average molecular weight is 290 g/mol. The van der Waals surface area contributed by atoms with Crippen LogP contribution < -0.4 is 0 Å². The molecule has 0 spiro atoms. The summed E-state index contributed by atoms with van der Waals surface area (Å²) in [5, 5.41) is 0.426. The second kappa shape index (κ2) is 7.70. The van der Waals surface area contributed by atoms with Crippen LogP contribution in [0.5, 0.6) is 0 Å². The maximum absolute atomic E-state index is 12.1. The molecule has 0 N–H and O–H groups in total. The van der Waals surface area contributed by atoms with E-state index in [1.807, 2.05) is 6.07 Å². The van der Waals surface area contributed by atoms with Gasteiger partial charge in [-0.2, -0.15) is 0 Å². The lowest BCUT2D eigenvalue weighted by molar-refractivity contribution is 0.222. The van der Waals surface area contributed by atoms with Crippen molar-refractivity contribution >= 4 is 25.3 Å². The summed E-state index contributed by atoms with van der Waals surface area (Å²) in [4.78, 5) is 4.09. The molecule has 0 aliphatic rings. The van der Waals surface area contributed by atoms with Crippen molar-refractivity contribution in [3.05, 3.63) is 35.1 Å². The summed E-state index contributed by atoms with van der Waals surface area (Å²) in [5.74, 6) is 0. The molecule has 4 nitrogen and oxygen atoms in total. The van der Waals surface area contributed by atoms with Crippen molar-refractivity contribution in [3.8, 4) is 0 Å². The molecule has 0 bridgehead atoms. The van der Waals surface area contributed by atoms with Gasteiger partial charge in [0.05, 0.1) is 25.1 Å². The molecule has 0 aliphatic heterocycles. The molecule has 0 saturated heterocycles. The van der Waals surface area contributed by atoms with Crippen LogP contribution in [-0.2, 0) is 13.6 Å². The molecule has 1 rings (SSSR count). The van der Waals surface area contributed by atoms with Gasteiger partial charge in [0.25, 0.3) is 0 Å². The van der Waals surface area contributed by atoms with Crippen molar-refractivity contribution in [2.24, 2.45) is 0 Å². The standard InChI is InChI=1S/C12H17ClNO3P/c1-3-16-18(15,17-4-2)10-6-8-11-7-5-9-12(13)14-11/h5-9H,3-4,10H2,1-2H3/b8-6+. The van der Waals surface area contributed by atoms with Gasteiger partial charge in [-0.15, -0.1) is 0 Å². The first-order chi connectivity index (χ1) is 8.59. The summed E-state index contributed by atoms with van der Waals surface area (Å²) in [6, 6.07) is 5.32. The first-order valence-electron chi connectivity index (χ1n) is 5.77. The SMILES string of the molecule is CCOP(=O)(C/C=C/c1cccc(Cl)n1)OCC. The van der Waals surface area contributed by atoms with E-state index in [1.165, 1.54) is 0 Å². The Kier molecular flexibility index (Phi) is 6.58. The lowest BCUT2D eigenvalue weighted by Crippen LogP contribution is -1.98. The number of pyridine rings is 1. The Morgan fingerprint density at radius 3 is 2.56 bits per heavy atom. The van der Waals surface area contributed by atoms with Gasteiger partial charge < -0.3 is 9.05 Å². The van der Waals surface area contributed by atoms with Crippen LogP contribution in [0.1, 0.15) is 19.5 Å². The van der Waals surface area contributed by atoms with Crippen LogP contribution in [0.25, 0.3) is 6.08 Å². The maximum atomic E-state index is 12.1. The molecule has 18 heavy (non-hydrogen) atoms. The fraction of sp³-hybridized carbons (Fsp3) is 0.417. The fourth-order valence-corrected chi connectivity index (χ4v) is 2.96. The fourth-order valence-electron chi connectivity index (χ4n) is 1.36. The first-order valence-corrected chi connectivity index (χ1v) is 7.87. The van der Waals surface area contributed by atoms with Crippen LogP contribution in [0.2, 0.25) is 5.15 Å². The Bertz CT molecular complexity index is 441. The number of hydrogen-bond acceptors (Lipinski definition) is 4. The van der Waals surface area contributed by atoms with Gasteiger partial charge in [-0.3, -0.25) is 4.57 Å². The molecule has 0 aliphatic carbocycles. The van der Waals surface area contributed by atoms with Gasteiger partial charge in [-0.1, -0.05) is 23.7 Å². The normalized spacial score (nSPS) is 12.2. The van der Waals surface area contributed by atoms with Crippen molar-refractivity contribution in [1.29, 1.82) is 0 Å². The van der Waals surface area contributed by atoms with Gasteiger partial charge >= 0.3 is 7.60 Å². The first kappa shape index (κ1) is 15.4. The molecule has 1 aromatic heterocycles. The van der Waals surface area contributed by atoms with Crippen LogP contribution in [0.3, 0.4) is 0 Å². The van der Waals surface area contributed by atoms with E-state index in [-0.39, 0.29) is 6.16 Å².